The van der Waals surface area contributed by atoms with Crippen molar-refractivity contribution in [2.45, 2.75) is 12.5 Å². The van der Waals surface area contributed by atoms with Crippen molar-refractivity contribution in [1.82, 2.24) is 0 Å². The average molecular weight is 146 g/mol. The highest BCUT2D eigenvalue weighted by Crippen LogP contribution is 2.14. The highest BCUT2D eigenvalue weighted by atomic mass is 16.5. The second-order valence-electron chi connectivity index (χ2n) is 2.38. The van der Waals surface area contributed by atoms with Crippen molar-refractivity contribution < 1.29 is 19.7 Å². The minimum atomic E-state index is -0.934. The number of carbonyl (C=O) groups is 1. The van der Waals surface area contributed by atoms with Crippen LogP contribution in [-0.2, 0) is 9.53 Å². The van der Waals surface area contributed by atoms with Crippen LogP contribution in [0.5, 0.6) is 0 Å². The molecule has 0 spiro atoms. The van der Waals surface area contributed by atoms with E-state index >= 15 is 0 Å². The molecule has 1 heterocycles. The number of carboxylic acid groups (broad SMARTS) is 1. The molecule has 0 aliphatic carbocycles. The summed E-state index contributed by atoms with van der Waals surface area (Å²) >= 11 is 0. The molecular weight excluding hydrogens is 136 g/mol. The molecule has 1 fully saturated rings. The molecule has 0 aromatic rings. The molecule has 2 N–H and O–H groups in total. The molecule has 0 bridgehead atoms. The Bertz CT molecular complexity index is 134. The number of ether oxygens (including phenoxy) is 1. The Labute approximate surface area is 58.4 Å². The molecule has 2 unspecified atom stereocenters. The summed E-state index contributed by atoms with van der Waals surface area (Å²) in [5, 5.41) is 17.5. The summed E-state index contributed by atoms with van der Waals surface area (Å²) in [4.78, 5) is 10.3. The molecule has 1 aliphatic heterocycles. The first kappa shape index (κ1) is 7.50. The van der Waals surface area contributed by atoms with Crippen LogP contribution in [0.3, 0.4) is 0 Å². The van der Waals surface area contributed by atoms with Gasteiger partial charge in [0, 0.05) is 6.61 Å². The number of carboxylic acids is 1. The summed E-state index contributed by atoms with van der Waals surface area (Å²) in [6.45, 7) is 0.588. The lowest BCUT2D eigenvalue weighted by Gasteiger charge is -2.23. The summed E-state index contributed by atoms with van der Waals surface area (Å²) in [6.07, 6.45) is -0.414. The van der Waals surface area contributed by atoms with E-state index < -0.39 is 18.0 Å². The van der Waals surface area contributed by atoms with Crippen molar-refractivity contribution in [2.75, 3.05) is 13.2 Å². The van der Waals surface area contributed by atoms with Crippen LogP contribution in [-0.4, -0.2) is 35.5 Å². The van der Waals surface area contributed by atoms with Crippen LogP contribution in [0.2, 0.25) is 0 Å². The van der Waals surface area contributed by atoms with Gasteiger partial charge in [-0.1, -0.05) is 0 Å². The van der Waals surface area contributed by atoms with Gasteiger partial charge in [0.2, 0.25) is 0 Å². The van der Waals surface area contributed by atoms with Gasteiger partial charge in [-0.15, -0.1) is 0 Å². The highest BCUT2D eigenvalue weighted by molar-refractivity contribution is 5.70. The fraction of sp³-hybridized carbons (Fsp3) is 0.833. The van der Waals surface area contributed by atoms with Gasteiger partial charge < -0.3 is 14.9 Å². The zero-order valence-electron chi connectivity index (χ0n) is 5.49. The van der Waals surface area contributed by atoms with Gasteiger partial charge in [0.05, 0.1) is 18.6 Å². The molecule has 1 aliphatic rings. The van der Waals surface area contributed by atoms with Crippen molar-refractivity contribution in [3.8, 4) is 0 Å². The van der Waals surface area contributed by atoms with E-state index in [1.807, 2.05) is 0 Å². The van der Waals surface area contributed by atoms with E-state index in [9.17, 15) is 4.79 Å². The van der Waals surface area contributed by atoms with Gasteiger partial charge in [0.25, 0.3) is 0 Å². The Kier molecular flexibility index (Phi) is 2.24. The third kappa shape index (κ3) is 1.46. The highest BCUT2D eigenvalue weighted by Gasteiger charge is 2.29. The molecule has 4 nitrogen and oxygen atoms in total. The Morgan fingerprint density at radius 2 is 2.30 bits per heavy atom. The van der Waals surface area contributed by atoms with Gasteiger partial charge in [-0.05, 0) is 6.42 Å². The van der Waals surface area contributed by atoms with Gasteiger partial charge in [0.15, 0.2) is 0 Å². The van der Waals surface area contributed by atoms with Gasteiger partial charge >= 0.3 is 5.97 Å². The third-order valence-electron chi connectivity index (χ3n) is 1.64. The van der Waals surface area contributed by atoms with Crippen molar-refractivity contribution >= 4 is 5.97 Å². The van der Waals surface area contributed by atoms with E-state index in [2.05, 4.69) is 0 Å². The minimum Gasteiger partial charge on any atom is -0.481 e. The fourth-order valence-electron chi connectivity index (χ4n) is 1.01. The maximum atomic E-state index is 10.3. The van der Waals surface area contributed by atoms with Crippen molar-refractivity contribution in [3.63, 3.8) is 0 Å². The predicted molar refractivity (Wildman–Crippen MR) is 32.6 cm³/mol. The molecule has 10 heavy (non-hydrogen) atoms. The molecule has 4 heteroatoms. The zero-order valence-corrected chi connectivity index (χ0v) is 5.49. The van der Waals surface area contributed by atoms with Crippen molar-refractivity contribution in [1.29, 1.82) is 0 Å². The fourth-order valence-corrected chi connectivity index (χ4v) is 1.01. The number of hydrogen-bond donors (Lipinski definition) is 2. The van der Waals surface area contributed by atoms with Crippen LogP contribution < -0.4 is 0 Å². The molecular formula is C6H10O4. The first-order valence-electron chi connectivity index (χ1n) is 3.20. The SMILES string of the molecule is O=C(O)C1CCOCC1O. The lowest BCUT2D eigenvalue weighted by molar-refractivity contribution is -0.152. The quantitative estimate of drug-likeness (QED) is 0.521. The largest absolute Gasteiger partial charge is 0.481 e. The number of aliphatic hydroxyl groups is 1. The van der Waals surface area contributed by atoms with Crippen molar-refractivity contribution in [2.24, 2.45) is 5.92 Å². The van der Waals surface area contributed by atoms with Gasteiger partial charge in [-0.2, -0.15) is 0 Å². The molecule has 1 saturated heterocycles. The summed E-state index contributed by atoms with van der Waals surface area (Å²) < 4.78 is 4.85. The van der Waals surface area contributed by atoms with E-state index in [4.69, 9.17) is 14.9 Å². The van der Waals surface area contributed by atoms with Gasteiger partial charge in [0.1, 0.15) is 0 Å². The summed E-state index contributed by atoms with van der Waals surface area (Å²) in [5.41, 5.74) is 0. The van der Waals surface area contributed by atoms with Crippen LogP contribution in [0, 0.1) is 5.92 Å². The topological polar surface area (TPSA) is 66.8 Å². The van der Waals surface area contributed by atoms with E-state index in [1.54, 1.807) is 0 Å². The van der Waals surface area contributed by atoms with Gasteiger partial charge in [-0.3, -0.25) is 4.79 Å². The molecule has 0 radical (unpaired) electrons. The lowest BCUT2D eigenvalue weighted by Crippen LogP contribution is -2.37. The maximum Gasteiger partial charge on any atom is 0.309 e. The van der Waals surface area contributed by atoms with Crippen molar-refractivity contribution in [3.05, 3.63) is 0 Å². The molecule has 58 valence electrons. The predicted octanol–water partition coefficient (Wildman–Crippen LogP) is -0.532. The molecule has 0 amide bonds. The second kappa shape index (κ2) is 2.98. The second-order valence-corrected chi connectivity index (χ2v) is 2.38. The van der Waals surface area contributed by atoms with Gasteiger partial charge in [-0.25, -0.2) is 0 Å². The molecule has 0 saturated carbocycles. The third-order valence-corrected chi connectivity index (χ3v) is 1.64. The zero-order chi connectivity index (χ0) is 7.56. The first-order valence-corrected chi connectivity index (χ1v) is 3.20. The number of rotatable bonds is 1. The molecule has 2 atom stereocenters. The minimum absolute atomic E-state index is 0.150. The Morgan fingerprint density at radius 1 is 1.60 bits per heavy atom. The molecule has 1 rings (SSSR count). The smallest absolute Gasteiger partial charge is 0.309 e. The average Bonchev–Trinajstić information content (AvgIpc) is 1.88. The van der Waals surface area contributed by atoms with E-state index in [1.165, 1.54) is 0 Å². The first-order chi connectivity index (χ1) is 4.72. The number of hydrogen-bond acceptors (Lipinski definition) is 3. The number of aliphatic hydroxyl groups excluding tert-OH is 1. The van der Waals surface area contributed by atoms with Crippen LogP contribution in [0.15, 0.2) is 0 Å². The summed E-state index contributed by atoms with van der Waals surface area (Å²) in [6, 6.07) is 0. The Hall–Kier alpha value is -0.610. The van der Waals surface area contributed by atoms with Crippen LogP contribution in [0.25, 0.3) is 0 Å². The summed E-state index contributed by atoms with van der Waals surface area (Å²) in [5.74, 6) is -1.57. The van der Waals surface area contributed by atoms with Crippen LogP contribution in [0.4, 0.5) is 0 Å². The Balaban J connectivity index is 2.47. The monoisotopic (exact) mass is 146 g/mol. The molecule has 0 aromatic heterocycles. The Morgan fingerprint density at radius 3 is 2.70 bits per heavy atom. The normalized spacial score (nSPS) is 33.7. The maximum absolute atomic E-state index is 10.3. The molecule has 0 aromatic carbocycles. The van der Waals surface area contributed by atoms with E-state index in [0.29, 0.717) is 13.0 Å². The van der Waals surface area contributed by atoms with E-state index in [-0.39, 0.29) is 6.61 Å². The number of aliphatic carboxylic acids is 1. The standard InChI is InChI=1S/C6H10O4/c7-5-3-10-2-1-4(5)6(8)9/h4-5,7H,1-3H2,(H,8,9). The summed E-state index contributed by atoms with van der Waals surface area (Å²) in [7, 11) is 0. The van der Waals surface area contributed by atoms with E-state index in [0.717, 1.165) is 0 Å². The van der Waals surface area contributed by atoms with Crippen LogP contribution >= 0.6 is 0 Å². The lowest BCUT2D eigenvalue weighted by atomic mass is 9.98. The van der Waals surface area contributed by atoms with Crippen LogP contribution in [0.1, 0.15) is 6.42 Å².